The van der Waals surface area contributed by atoms with Gasteiger partial charge in [0.05, 0.1) is 37.3 Å². The highest BCUT2D eigenvalue weighted by atomic mass is 16.5. The molecule has 1 fully saturated rings. The summed E-state index contributed by atoms with van der Waals surface area (Å²) in [5.74, 6) is -0.231. The highest BCUT2D eigenvalue weighted by Gasteiger charge is 2.86. The molecule has 0 unspecified atom stereocenters. The number of methoxy groups -OCH3 is 2. The third-order valence-corrected chi connectivity index (χ3v) is 8.47. The summed E-state index contributed by atoms with van der Waals surface area (Å²) in [6.07, 6.45) is 0. The molecule has 6 rings (SSSR count). The molecule has 1 spiro atoms. The second-order valence-electron chi connectivity index (χ2n) is 10.6. The molecule has 1 saturated carbocycles. The van der Waals surface area contributed by atoms with Crippen LogP contribution in [0.1, 0.15) is 35.1 Å². The van der Waals surface area contributed by atoms with E-state index in [-0.39, 0.29) is 5.91 Å². The van der Waals surface area contributed by atoms with Crippen molar-refractivity contribution in [2.45, 2.75) is 29.7 Å². The number of fused-ring (bicyclic) bond motifs is 1. The van der Waals surface area contributed by atoms with Crippen LogP contribution in [0.3, 0.4) is 0 Å². The largest absolute Gasteiger partial charge is 0.496 e. The van der Waals surface area contributed by atoms with Gasteiger partial charge in [0, 0.05) is 32.1 Å². The van der Waals surface area contributed by atoms with Crippen LogP contribution in [0, 0.1) is 17.2 Å². The number of benzene rings is 3. The Balaban J connectivity index is 1.80. The number of amides is 1. The fourth-order valence-corrected chi connectivity index (χ4v) is 7.07. The summed E-state index contributed by atoms with van der Waals surface area (Å²) < 4.78 is 18.6. The smallest absolute Gasteiger partial charge is 0.231 e. The number of carbonyl (C=O) groups is 1. The van der Waals surface area contributed by atoms with Gasteiger partial charge in [-0.25, -0.2) is 4.99 Å². The van der Waals surface area contributed by atoms with Gasteiger partial charge in [0.15, 0.2) is 11.1 Å². The van der Waals surface area contributed by atoms with E-state index in [1.165, 1.54) is 4.90 Å². The minimum absolute atomic E-state index is 0.295. The summed E-state index contributed by atoms with van der Waals surface area (Å²) in [5, 5.41) is 26.0. The average molecular weight is 539 g/mol. The van der Waals surface area contributed by atoms with Crippen molar-refractivity contribution in [3.8, 4) is 23.3 Å². The molecular formula is C31H30N4O5. The molecule has 9 nitrogen and oxygen atoms in total. The standard InChI is InChI=1S/C31H30N4O5/c1-18-33-30-26-23(39-5)15-22(38-4)16-24(26)40-29(30,21-13-11-19(17-32)12-14-21)25(20-9-7-6-8-10-20)27(28(36)35(2)3)31(30,37)34-18/h6-16,25,27,37H,1-5H3,(H,33,34)/t25-,27+,29+,30-,31-/m1/s1. The van der Waals surface area contributed by atoms with Crippen molar-refractivity contribution in [1.29, 1.82) is 5.26 Å². The number of nitrogens with zero attached hydrogens (tertiary/aromatic N) is 3. The van der Waals surface area contributed by atoms with Gasteiger partial charge in [0.1, 0.15) is 23.2 Å². The van der Waals surface area contributed by atoms with Crippen molar-refractivity contribution in [2.24, 2.45) is 10.9 Å². The Labute approximate surface area is 232 Å². The highest BCUT2D eigenvalue weighted by Crippen LogP contribution is 2.75. The van der Waals surface area contributed by atoms with E-state index < -0.39 is 28.7 Å². The van der Waals surface area contributed by atoms with Gasteiger partial charge < -0.3 is 29.5 Å². The van der Waals surface area contributed by atoms with Gasteiger partial charge in [-0.15, -0.1) is 0 Å². The van der Waals surface area contributed by atoms with E-state index in [1.807, 2.05) is 42.5 Å². The van der Waals surface area contributed by atoms with Crippen molar-refractivity contribution in [3.05, 3.63) is 89.0 Å². The molecule has 0 saturated heterocycles. The lowest BCUT2D eigenvalue weighted by Gasteiger charge is -2.44. The number of rotatable bonds is 5. The molecule has 0 bridgehead atoms. The molecule has 0 aromatic heterocycles. The molecule has 1 amide bonds. The van der Waals surface area contributed by atoms with Gasteiger partial charge in [-0.3, -0.25) is 4.79 Å². The lowest BCUT2D eigenvalue weighted by Crippen LogP contribution is -2.63. The first-order valence-electron chi connectivity index (χ1n) is 13.0. The zero-order valence-electron chi connectivity index (χ0n) is 22.9. The van der Waals surface area contributed by atoms with E-state index in [4.69, 9.17) is 19.2 Å². The van der Waals surface area contributed by atoms with Crippen molar-refractivity contribution >= 4 is 11.7 Å². The Hall–Kier alpha value is -4.55. The molecule has 2 aliphatic heterocycles. The Kier molecular flexibility index (Phi) is 5.61. The molecule has 2 heterocycles. The van der Waals surface area contributed by atoms with E-state index in [9.17, 15) is 15.2 Å². The molecule has 3 aromatic rings. The molecule has 0 radical (unpaired) electrons. The van der Waals surface area contributed by atoms with E-state index in [2.05, 4.69) is 11.4 Å². The molecule has 204 valence electrons. The molecule has 5 atom stereocenters. The first-order valence-corrected chi connectivity index (χ1v) is 13.0. The Morgan fingerprint density at radius 1 is 1.10 bits per heavy atom. The average Bonchev–Trinajstić information content (AvgIpc) is 3.47. The topological polar surface area (TPSA) is 116 Å². The van der Waals surface area contributed by atoms with E-state index in [1.54, 1.807) is 59.5 Å². The Morgan fingerprint density at radius 3 is 2.40 bits per heavy atom. The number of hydrogen-bond donors (Lipinski definition) is 2. The van der Waals surface area contributed by atoms with Gasteiger partial charge >= 0.3 is 0 Å². The summed E-state index contributed by atoms with van der Waals surface area (Å²) in [6.45, 7) is 1.76. The van der Waals surface area contributed by atoms with E-state index in [0.717, 1.165) is 5.56 Å². The van der Waals surface area contributed by atoms with Crippen LogP contribution < -0.4 is 19.5 Å². The van der Waals surface area contributed by atoms with E-state index in [0.29, 0.717) is 39.8 Å². The van der Waals surface area contributed by atoms with Crippen LogP contribution in [-0.4, -0.2) is 55.8 Å². The summed E-state index contributed by atoms with van der Waals surface area (Å²) in [6, 6.07) is 22.3. The summed E-state index contributed by atoms with van der Waals surface area (Å²) >= 11 is 0. The maximum absolute atomic E-state index is 14.2. The maximum atomic E-state index is 14.2. The third kappa shape index (κ3) is 2.99. The number of hydrogen-bond acceptors (Lipinski definition) is 8. The molecule has 3 aliphatic rings. The number of aliphatic imine (C=N–C) groups is 1. The lowest BCUT2D eigenvalue weighted by molar-refractivity contribution is -0.144. The monoisotopic (exact) mass is 538 g/mol. The lowest BCUT2D eigenvalue weighted by atomic mass is 9.68. The molecule has 1 aliphatic carbocycles. The SMILES string of the molecule is COc1cc(OC)c2c(c1)O[C@@]1(c3ccc(C#N)cc3)[C@H](c3ccccc3)[C@@H](C(=O)N(C)C)[C@]3(O)N=C(C)N[C@@]231. The molecule has 40 heavy (non-hydrogen) atoms. The number of aliphatic hydroxyl groups is 1. The minimum atomic E-state index is -1.99. The van der Waals surface area contributed by atoms with Gasteiger partial charge in [-0.2, -0.15) is 5.26 Å². The van der Waals surface area contributed by atoms with Crippen LogP contribution in [0.2, 0.25) is 0 Å². The van der Waals surface area contributed by atoms with Crippen molar-refractivity contribution in [3.63, 3.8) is 0 Å². The van der Waals surface area contributed by atoms with Gasteiger partial charge in [0.25, 0.3) is 0 Å². The predicted octanol–water partition coefficient (Wildman–Crippen LogP) is 3.27. The zero-order valence-corrected chi connectivity index (χ0v) is 22.9. The van der Waals surface area contributed by atoms with Crippen LogP contribution in [0.5, 0.6) is 17.2 Å². The Morgan fingerprint density at radius 2 is 1.80 bits per heavy atom. The van der Waals surface area contributed by atoms with Gasteiger partial charge in [-0.1, -0.05) is 42.5 Å². The number of nitriles is 1. The van der Waals surface area contributed by atoms with Crippen LogP contribution in [0.25, 0.3) is 0 Å². The van der Waals surface area contributed by atoms with E-state index >= 15 is 0 Å². The van der Waals surface area contributed by atoms with Crippen molar-refractivity contribution in [1.82, 2.24) is 10.2 Å². The maximum Gasteiger partial charge on any atom is 0.231 e. The first kappa shape index (κ1) is 25.7. The number of carbonyl (C=O) groups excluding carboxylic acids is 1. The second kappa shape index (κ2) is 8.73. The van der Waals surface area contributed by atoms with Crippen molar-refractivity contribution < 1.29 is 24.1 Å². The van der Waals surface area contributed by atoms with Gasteiger partial charge in [-0.05, 0) is 30.2 Å². The number of nitrogens with one attached hydrogen (secondary N) is 1. The predicted molar refractivity (Wildman–Crippen MR) is 147 cm³/mol. The summed E-state index contributed by atoms with van der Waals surface area (Å²) in [7, 11) is 6.44. The number of ether oxygens (including phenoxy) is 3. The summed E-state index contributed by atoms with van der Waals surface area (Å²) in [5.41, 5.74) is -2.40. The first-order chi connectivity index (χ1) is 19.2. The van der Waals surface area contributed by atoms with Crippen LogP contribution in [0.15, 0.2) is 71.7 Å². The van der Waals surface area contributed by atoms with Crippen LogP contribution >= 0.6 is 0 Å². The second-order valence-corrected chi connectivity index (χ2v) is 10.6. The third-order valence-electron chi connectivity index (χ3n) is 8.47. The number of amidine groups is 1. The van der Waals surface area contributed by atoms with Crippen LogP contribution in [0.4, 0.5) is 0 Å². The fraction of sp³-hybridized carbons (Fsp3) is 0.323. The van der Waals surface area contributed by atoms with Gasteiger partial charge in [0.2, 0.25) is 11.6 Å². The molecule has 3 aromatic carbocycles. The Bertz CT molecular complexity index is 1580. The molecule has 9 heteroatoms. The zero-order chi connectivity index (χ0) is 28.4. The van der Waals surface area contributed by atoms with Crippen molar-refractivity contribution in [2.75, 3.05) is 28.3 Å². The highest BCUT2D eigenvalue weighted by molar-refractivity contribution is 5.91. The normalized spacial score (nSPS) is 29.2. The van der Waals surface area contributed by atoms with Crippen LogP contribution in [-0.2, 0) is 15.9 Å². The summed E-state index contributed by atoms with van der Waals surface area (Å²) in [4.78, 5) is 20.4. The fourth-order valence-electron chi connectivity index (χ4n) is 7.07. The minimum Gasteiger partial charge on any atom is -0.496 e. The molecule has 2 N–H and O–H groups in total. The quantitative estimate of drug-likeness (QED) is 0.512. The molecular weight excluding hydrogens is 508 g/mol.